The molecule has 35 heavy (non-hydrogen) atoms. The number of nitrogens with zero attached hydrogens (tertiary/aromatic N) is 2. The molecule has 176 valence electrons. The summed E-state index contributed by atoms with van der Waals surface area (Å²) in [4.78, 5) is 24.6. The second-order valence-electron chi connectivity index (χ2n) is 10.2. The van der Waals surface area contributed by atoms with Crippen LogP contribution in [-0.4, -0.2) is 32.3 Å². The lowest BCUT2D eigenvalue weighted by molar-refractivity contribution is -0.222. The average molecular weight is 466 g/mol. The van der Waals surface area contributed by atoms with Crippen molar-refractivity contribution in [3.8, 4) is 11.1 Å². The summed E-state index contributed by atoms with van der Waals surface area (Å²) in [5.41, 5.74) is 4.42. The van der Waals surface area contributed by atoms with Gasteiger partial charge in [0, 0.05) is 10.9 Å². The number of carboxylic acids is 1. The number of benzene rings is 3. The average Bonchev–Trinajstić information content (AvgIpc) is 3.26. The van der Waals surface area contributed by atoms with Crippen LogP contribution in [0.4, 0.5) is 0 Å². The predicted molar refractivity (Wildman–Crippen MR) is 134 cm³/mol. The molecule has 6 nitrogen and oxygen atoms in total. The van der Waals surface area contributed by atoms with Crippen molar-refractivity contribution in [1.29, 1.82) is 0 Å². The van der Waals surface area contributed by atoms with Crippen LogP contribution in [-0.2, 0) is 11.3 Å². The van der Waals surface area contributed by atoms with Gasteiger partial charge in [-0.3, -0.25) is 14.3 Å². The van der Waals surface area contributed by atoms with Gasteiger partial charge in [0.05, 0.1) is 30.2 Å². The van der Waals surface area contributed by atoms with E-state index in [4.69, 9.17) is 0 Å². The minimum atomic E-state index is -0.762. The molecule has 1 aromatic heterocycles. The van der Waals surface area contributed by atoms with Crippen LogP contribution in [0.15, 0.2) is 79.0 Å². The summed E-state index contributed by atoms with van der Waals surface area (Å²) in [5, 5.41) is 18.0. The SMILES string of the molecule is C[C@H]1C2(CC(=O)O)CC1(NC(=O)c1cccc3cnn(Cc4ccc(-c5ccccc5)cc4)c13)C2. The highest BCUT2D eigenvalue weighted by atomic mass is 16.4. The number of carbonyl (C=O) groups is 2. The smallest absolute Gasteiger partial charge is 0.303 e. The van der Waals surface area contributed by atoms with Crippen molar-refractivity contribution < 1.29 is 14.7 Å². The van der Waals surface area contributed by atoms with Crippen molar-refractivity contribution in [3.63, 3.8) is 0 Å². The van der Waals surface area contributed by atoms with Gasteiger partial charge >= 0.3 is 5.97 Å². The molecule has 2 N–H and O–H groups in total. The van der Waals surface area contributed by atoms with Gasteiger partial charge in [0.15, 0.2) is 0 Å². The van der Waals surface area contributed by atoms with E-state index in [9.17, 15) is 14.7 Å². The number of hydrogen-bond acceptors (Lipinski definition) is 3. The fourth-order valence-corrected chi connectivity index (χ4v) is 6.26. The third-order valence-electron chi connectivity index (χ3n) is 8.25. The predicted octanol–water partition coefficient (Wildman–Crippen LogP) is 5.12. The zero-order chi connectivity index (χ0) is 24.2. The number of carbonyl (C=O) groups excluding carboxylic acids is 1. The molecule has 3 fully saturated rings. The van der Waals surface area contributed by atoms with Gasteiger partial charge in [0.1, 0.15) is 0 Å². The van der Waals surface area contributed by atoms with Gasteiger partial charge in [-0.25, -0.2) is 0 Å². The van der Waals surface area contributed by atoms with E-state index >= 15 is 0 Å². The third kappa shape index (κ3) is 3.43. The first-order valence-corrected chi connectivity index (χ1v) is 12.0. The molecule has 6 heteroatoms. The highest BCUT2D eigenvalue weighted by Crippen LogP contribution is 2.72. The van der Waals surface area contributed by atoms with E-state index in [1.54, 1.807) is 6.20 Å². The van der Waals surface area contributed by atoms with Gasteiger partial charge in [-0.2, -0.15) is 5.10 Å². The van der Waals surface area contributed by atoms with Crippen molar-refractivity contribution in [2.24, 2.45) is 11.3 Å². The molecule has 4 aromatic rings. The van der Waals surface area contributed by atoms with Crippen LogP contribution >= 0.6 is 0 Å². The van der Waals surface area contributed by atoms with E-state index < -0.39 is 5.97 Å². The lowest BCUT2D eigenvalue weighted by atomic mass is 9.32. The molecule has 0 spiro atoms. The van der Waals surface area contributed by atoms with Crippen molar-refractivity contribution in [2.75, 3.05) is 0 Å². The molecular weight excluding hydrogens is 438 g/mol. The Morgan fingerprint density at radius 1 is 1.00 bits per heavy atom. The molecule has 1 atom stereocenters. The van der Waals surface area contributed by atoms with Gasteiger partial charge < -0.3 is 10.4 Å². The van der Waals surface area contributed by atoms with Crippen LogP contribution < -0.4 is 5.32 Å². The van der Waals surface area contributed by atoms with Crippen LogP contribution in [0.3, 0.4) is 0 Å². The Labute approximate surface area is 203 Å². The molecule has 0 unspecified atom stereocenters. The maximum atomic E-state index is 13.4. The van der Waals surface area contributed by atoms with E-state index in [2.05, 4.69) is 53.7 Å². The normalized spacial score (nSPS) is 24.4. The molecule has 0 saturated heterocycles. The fourth-order valence-electron chi connectivity index (χ4n) is 6.26. The van der Waals surface area contributed by atoms with Crippen molar-refractivity contribution in [1.82, 2.24) is 15.1 Å². The lowest BCUT2D eigenvalue weighted by Gasteiger charge is -2.75. The van der Waals surface area contributed by atoms with E-state index in [0.29, 0.717) is 12.1 Å². The molecule has 3 aromatic carbocycles. The Balaban J connectivity index is 1.23. The maximum absolute atomic E-state index is 13.4. The molecule has 3 saturated carbocycles. The molecule has 2 bridgehead atoms. The molecule has 0 radical (unpaired) electrons. The molecule has 1 amide bonds. The first-order valence-electron chi connectivity index (χ1n) is 12.0. The van der Waals surface area contributed by atoms with E-state index in [1.807, 2.05) is 41.1 Å². The Hall–Kier alpha value is -3.93. The molecule has 0 aliphatic heterocycles. The number of amides is 1. The number of para-hydroxylation sites is 1. The minimum absolute atomic E-state index is 0.118. The topological polar surface area (TPSA) is 84.2 Å². The lowest BCUT2D eigenvalue weighted by Crippen LogP contribution is -2.81. The third-order valence-corrected chi connectivity index (χ3v) is 8.25. The van der Waals surface area contributed by atoms with Crippen LogP contribution in [0.5, 0.6) is 0 Å². The van der Waals surface area contributed by atoms with Gasteiger partial charge in [-0.05, 0) is 46.9 Å². The highest BCUT2D eigenvalue weighted by molar-refractivity contribution is 6.06. The summed E-state index contributed by atoms with van der Waals surface area (Å²) in [7, 11) is 0. The van der Waals surface area contributed by atoms with E-state index in [0.717, 1.165) is 34.9 Å². The summed E-state index contributed by atoms with van der Waals surface area (Å²) in [6.45, 7) is 2.62. The van der Waals surface area contributed by atoms with Crippen LogP contribution in [0, 0.1) is 11.3 Å². The molecular formula is C29H27N3O3. The van der Waals surface area contributed by atoms with E-state index in [1.165, 1.54) is 5.56 Å². The van der Waals surface area contributed by atoms with Gasteiger partial charge in [-0.1, -0.05) is 73.7 Å². The number of fused-ring (bicyclic) bond motifs is 1. The number of nitrogens with one attached hydrogen (secondary N) is 1. The fraction of sp³-hybridized carbons (Fsp3) is 0.276. The zero-order valence-corrected chi connectivity index (χ0v) is 19.6. The minimum Gasteiger partial charge on any atom is -0.481 e. The second kappa shape index (κ2) is 7.80. The quantitative estimate of drug-likeness (QED) is 0.397. The Kier molecular flexibility index (Phi) is 4.81. The number of carboxylic acid groups (broad SMARTS) is 1. The number of hydrogen-bond donors (Lipinski definition) is 2. The first-order chi connectivity index (χ1) is 16.9. The Morgan fingerprint density at radius 3 is 2.40 bits per heavy atom. The Bertz CT molecular complexity index is 1430. The van der Waals surface area contributed by atoms with E-state index in [-0.39, 0.29) is 29.2 Å². The van der Waals surface area contributed by atoms with Gasteiger partial charge in [0.25, 0.3) is 5.91 Å². The summed E-state index contributed by atoms with van der Waals surface area (Å²) in [6.07, 6.45) is 3.46. The number of aromatic nitrogens is 2. The standard InChI is InChI=1S/C29H27N3O3/c1-19-28(14-25(33)34)17-29(19,18-28)31-27(35)24-9-5-8-23-15-30-32(26(23)24)16-20-10-12-22(13-11-20)21-6-3-2-4-7-21/h2-13,15,19H,14,16-18H2,1H3,(H,31,35)(H,33,34)/t19-,28?,29?/m0/s1. The Morgan fingerprint density at radius 2 is 1.71 bits per heavy atom. The summed E-state index contributed by atoms with van der Waals surface area (Å²) < 4.78 is 1.89. The first kappa shape index (κ1) is 21.6. The summed E-state index contributed by atoms with van der Waals surface area (Å²) in [5.74, 6) is -0.712. The molecule has 1 heterocycles. The van der Waals surface area contributed by atoms with Crippen LogP contribution in [0.2, 0.25) is 0 Å². The monoisotopic (exact) mass is 465 g/mol. The second-order valence-corrected chi connectivity index (χ2v) is 10.2. The van der Waals surface area contributed by atoms with Crippen molar-refractivity contribution >= 4 is 22.8 Å². The van der Waals surface area contributed by atoms with Crippen LogP contribution in [0.25, 0.3) is 22.0 Å². The molecule has 3 aliphatic rings. The van der Waals surface area contributed by atoms with Gasteiger partial charge in [-0.15, -0.1) is 0 Å². The molecule has 3 aliphatic carbocycles. The van der Waals surface area contributed by atoms with Crippen LogP contribution in [0.1, 0.15) is 42.1 Å². The largest absolute Gasteiger partial charge is 0.481 e. The molecule has 7 rings (SSSR count). The summed E-state index contributed by atoms with van der Waals surface area (Å²) >= 11 is 0. The number of rotatable bonds is 7. The highest BCUT2D eigenvalue weighted by Gasteiger charge is 2.74. The van der Waals surface area contributed by atoms with Gasteiger partial charge in [0.2, 0.25) is 0 Å². The van der Waals surface area contributed by atoms with Crippen molar-refractivity contribution in [2.45, 2.75) is 38.3 Å². The number of aliphatic carboxylic acids is 1. The summed E-state index contributed by atoms with van der Waals surface area (Å²) in [6, 6.07) is 24.4. The van der Waals surface area contributed by atoms with Crippen molar-refractivity contribution in [3.05, 3.63) is 90.1 Å². The zero-order valence-electron chi connectivity index (χ0n) is 19.6. The maximum Gasteiger partial charge on any atom is 0.303 e.